The first-order valence-corrected chi connectivity index (χ1v) is 5.49. The number of rotatable bonds is 6. The molecular formula is C10H25NO5. The molecule has 7 N–H and O–H groups in total. The van der Waals surface area contributed by atoms with E-state index in [0.29, 0.717) is 0 Å². The summed E-state index contributed by atoms with van der Waals surface area (Å²) >= 11 is 0. The second-order valence-corrected chi connectivity index (χ2v) is 3.53. The second-order valence-electron chi connectivity index (χ2n) is 3.53. The van der Waals surface area contributed by atoms with Crippen molar-refractivity contribution in [3.63, 3.8) is 0 Å². The van der Waals surface area contributed by atoms with Crippen LogP contribution in [0.5, 0.6) is 0 Å². The van der Waals surface area contributed by atoms with Crippen LogP contribution in [-0.2, 0) is 0 Å². The van der Waals surface area contributed by atoms with Crippen molar-refractivity contribution in [2.45, 2.75) is 51.1 Å². The molecule has 0 aliphatic carbocycles. The van der Waals surface area contributed by atoms with Crippen molar-refractivity contribution in [2.24, 2.45) is 5.73 Å². The zero-order valence-electron chi connectivity index (χ0n) is 9.95. The first kappa shape index (κ1) is 18.1. The highest BCUT2D eigenvalue weighted by Crippen LogP contribution is 2.03. The molecule has 0 spiro atoms. The predicted octanol–water partition coefficient (Wildman–Crippen LogP) is -1.81. The molecule has 0 aromatic rings. The molecule has 0 aliphatic heterocycles. The van der Waals surface area contributed by atoms with E-state index < -0.39 is 31.0 Å². The summed E-state index contributed by atoms with van der Waals surface area (Å²) < 4.78 is 0. The molecule has 0 aliphatic rings. The Labute approximate surface area is 96.3 Å². The average Bonchev–Trinajstić information content (AvgIpc) is 2.34. The maximum Gasteiger partial charge on any atom is 0.111 e. The standard InChI is InChI=1S/C6H15NO5.C4H10/c7-1-3(9)5(11)6(12)4(10)2-8;1-3-4-2/h3-6,8-12H,1-2,7H2;3-4H2,1-2H3/t3-,4+,5+,6+;/m0./s1. The third-order valence-electron chi connectivity index (χ3n) is 2.07. The molecule has 0 unspecified atom stereocenters. The number of aliphatic hydroxyl groups excluding tert-OH is 5. The van der Waals surface area contributed by atoms with Crippen LogP contribution >= 0.6 is 0 Å². The Morgan fingerprint density at radius 2 is 1.25 bits per heavy atom. The Morgan fingerprint density at radius 1 is 0.875 bits per heavy atom. The quantitative estimate of drug-likeness (QED) is 0.324. The zero-order chi connectivity index (χ0) is 13.1. The van der Waals surface area contributed by atoms with E-state index in [9.17, 15) is 0 Å². The minimum Gasteiger partial charge on any atom is -0.394 e. The zero-order valence-corrected chi connectivity index (χ0v) is 9.95. The highest BCUT2D eigenvalue weighted by molar-refractivity contribution is 4.80. The van der Waals surface area contributed by atoms with Gasteiger partial charge < -0.3 is 31.3 Å². The molecule has 0 aromatic carbocycles. The summed E-state index contributed by atoms with van der Waals surface area (Å²) in [5.41, 5.74) is 4.99. The van der Waals surface area contributed by atoms with Crippen LogP contribution in [0.3, 0.4) is 0 Å². The predicted molar refractivity (Wildman–Crippen MR) is 60.7 cm³/mol. The number of aliphatic hydroxyl groups is 5. The van der Waals surface area contributed by atoms with Gasteiger partial charge in [0.1, 0.15) is 18.3 Å². The Morgan fingerprint density at radius 3 is 1.50 bits per heavy atom. The van der Waals surface area contributed by atoms with Crippen LogP contribution in [0.4, 0.5) is 0 Å². The van der Waals surface area contributed by atoms with Gasteiger partial charge in [-0.05, 0) is 0 Å². The third kappa shape index (κ3) is 7.98. The maximum atomic E-state index is 9.04. The SMILES string of the molecule is CCCC.NC[C@H](O)[C@@H](O)[C@H](O)[C@H](O)CO. The van der Waals surface area contributed by atoms with Crippen LogP contribution in [0.15, 0.2) is 0 Å². The summed E-state index contributed by atoms with van der Waals surface area (Å²) in [5, 5.41) is 44.2. The molecule has 0 rings (SSSR count). The van der Waals surface area contributed by atoms with Crippen LogP contribution in [0.25, 0.3) is 0 Å². The normalized spacial score (nSPS) is 18.0. The maximum absolute atomic E-state index is 9.04. The highest BCUT2D eigenvalue weighted by Gasteiger charge is 2.28. The highest BCUT2D eigenvalue weighted by atomic mass is 16.4. The second kappa shape index (κ2) is 11.3. The molecule has 0 fully saturated rings. The van der Waals surface area contributed by atoms with Crippen LogP contribution < -0.4 is 5.73 Å². The van der Waals surface area contributed by atoms with Gasteiger partial charge >= 0.3 is 0 Å². The average molecular weight is 239 g/mol. The van der Waals surface area contributed by atoms with E-state index >= 15 is 0 Å². The summed E-state index contributed by atoms with van der Waals surface area (Å²) in [6.07, 6.45) is -3.27. The van der Waals surface area contributed by atoms with E-state index in [1.807, 2.05) is 0 Å². The molecule has 16 heavy (non-hydrogen) atoms. The monoisotopic (exact) mass is 239 g/mol. The van der Waals surface area contributed by atoms with Gasteiger partial charge in [0.05, 0.1) is 12.7 Å². The van der Waals surface area contributed by atoms with Gasteiger partial charge in [-0.15, -0.1) is 0 Å². The molecule has 4 atom stereocenters. The largest absolute Gasteiger partial charge is 0.394 e. The number of hydrogen-bond donors (Lipinski definition) is 6. The number of unbranched alkanes of at least 4 members (excludes halogenated alkanes) is 1. The smallest absolute Gasteiger partial charge is 0.111 e. The lowest BCUT2D eigenvalue weighted by atomic mass is 10.0. The lowest BCUT2D eigenvalue weighted by Gasteiger charge is -2.24. The Kier molecular flexibility index (Phi) is 12.8. The first-order chi connectivity index (χ1) is 7.45. The van der Waals surface area contributed by atoms with Crippen LogP contribution in [0, 0.1) is 0 Å². The van der Waals surface area contributed by atoms with Crippen molar-refractivity contribution in [3.05, 3.63) is 0 Å². The fourth-order valence-electron chi connectivity index (χ4n) is 0.703. The molecular weight excluding hydrogens is 214 g/mol. The Balaban J connectivity index is 0. The van der Waals surface area contributed by atoms with Crippen LogP contribution in [-0.4, -0.2) is 63.1 Å². The molecule has 6 heteroatoms. The van der Waals surface area contributed by atoms with E-state index in [0.717, 1.165) is 0 Å². The number of nitrogens with two attached hydrogens (primary N) is 1. The summed E-state index contributed by atoms with van der Waals surface area (Å²) in [6, 6.07) is 0. The van der Waals surface area contributed by atoms with E-state index in [2.05, 4.69) is 13.8 Å². The lowest BCUT2D eigenvalue weighted by molar-refractivity contribution is -0.112. The topological polar surface area (TPSA) is 127 Å². The fourth-order valence-corrected chi connectivity index (χ4v) is 0.703. The molecule has 6 nitrogen and oxygen atoms in total. The molecule has 0 radical (unpaired) electrons. The van der Waals surface area contributed by atoms with E-state index in [1.54, 1.807) is 0 Å². The molecule has 0 heterocycles. The van der Waals surface area contributed by atoms with Crippen molar-refractivity contribution < 1.29 is 25.5 Å². The summed E-state index contributed by atoms with van der Waals surface area (Å²) in [6.45, 7) is 3.45. The molecule has 100 valence electrons. The van der Waals surface area contributed by atoms with Crippen molar-refractivity contribution in [2.75, 3.05) is 13.2 Å². The van der Waals surface area contributed by atoms with Crippen molar-refractivity contribution >= 4 is 0 Å². The summed E-state index contributed by atoms with van der Waals surface area (Å²) in [4.78, 5) is 0. The van der Waals surface area contributed by atoms with E-state index in [-0.39, 0.29) is 6.54 Å². The van der Waals surface area contributed by atoms with Gasteiger partial charge in [0.25, 0.3) is 0 Å². The van der Waals surface area contributed by atoms with Gasteiger partial charge in [0.15, 0.2) is 0 Å². The van der Waals surface area contributed by atoms with E-state index in [1.165, 1.54) is 12.8 Å². The minimum atomic E-state index is -1.59. The van der Waals surface area contributed by atoms with E-state index in [4.69, 9.17) is 31.3 Å². The van der Waals surface area contributed by atoms with Crippen LogP contribution in [0.1, 0.15) is 26.7 Å². The molecule has 0 bridgehead atoms. The molecule has 0 aromatic heterocycles. The van der Waals surface area contributed by atoms with Gasteiger partial charge in [-0.2, -0.15) is 0 Å². The Hall–Kier alpha value is -0.240. The molecule has 0 amide bonds. The third-order valence-corrected chi connectivity index (χ3v) is 2.07. The van der Waals surface area contributed by atoms with Gasteiger partial charge in [-0.25, -0.2) is 0 Å². The van der Waals surface area contributed by atoms with Gasteiger partial charge in [0, 0.05) is 6.54 Å². The molecule has 0 saturated carbocycles. The van der Waals surface area contributed by atoms with Gasteiger partial charge in [-0.1, -0.05) is 26.7 Å². The first-order valence-electron chi connectivity index (χ1n) is 5.49. The van der Waals surface area contributed by atoms with Crippen molar-refractivity contribution in [3.8, 4) is 0 Å². The number of hydrogen-bond acceptors (Lipinski definition) is 6. The van der Waals surface area contributed by atoms with Crippen molar-refractivity contribution in [1.29, 1.82) is 0 Å². The Bertz CT molecular complexity index is 131. The van der Waals surface area contributed by atoms with Crippen LogP contribution in [0.2, 0.25) is 0 Å². The lowest BCUT2D eigenvalue weighted by Crippen LogP contribution is -2.48. The molecule has 0 saturated heterocycles. The van der Waals surface area contributed by atoms with Gasteiger partial charge in [0.2, 0.25) is 0 Å². The van der Waals surface area contributed by atoms with Gasteiger partial charge in [-0.3, -0.25) is 0 Å². The fraction of sp³-hybridized carbons (Fsp3) is 1.00. The minimum absolute atomic E-state index is 0.226. The summed E-state index contributed by atoms with van der Waals surface area (Å²) in [7, 11) is 0. The summed E-state index contributed by atoms with van der Waals surface area (Å²) in [5.74, 6) is 0. The van der Waals surface area contributed by atoms with Crippen molar-refractivity contribution in [1.82, 2.24) is 0 Å².